The van der Waals surface area contributed by atoms with Gasteiger partial charge in [-0.2, -0.15) is 0 Å². The lowest BCUT2D eigenvalue weighted by Crippen LogP contribution is -2.45. The molecule has 166 valence electrons. The van der Waals surface area contributed by atoms with Gasteiger partial charge in [0.1, 0.15) is 5.82 Å². The number of aryl methyl sites for hydroxylation is 1. The van der Waals surface area contributed by atoms with Gasteiger partial charge in [0.2, 0.25) is 0 Å². The molecule has 0 saturated carbocycles. The monoisotopic (exact) mass is 436 g/mol. The van der Waals surface area contributed by atoms with Gasteiger partial charge in [-0.3, -0.25) is 9.80 Å². The molecule has 1 aromatic heterocycles. The van der Waals surface area contributed by atoms with Gasteiger partial charge in [-0.05, 0) is 42.4 Å². The second-order valence-corrected chi connectivity index (χ2v) is 9.74. The lowest BCUT2D eigenvalue weighted by atomic mass is 10.2. The quantitative estimate of drug-likeness (QED) is 0.383. The maximum atomic E-state index is 5.07. The molecule has 1 saturated heterocycles. The van der Waals surface area contributed by atoms with Crippen LogP contribution in [0.5, 0.6) is 0 Å². The van der Waals surface area contributed by atoms with Crippen LogP contribution in [0.1, 0.15) is 44.5 Å². The van der Waals surface area contributed by atoms with E-state index in [0.717, 1.165) is 51.3 Å². The van der Waals surface area contributed by atoms with Crippen LogP contribution in [0.3, 0.4) is 0 Å². The van der Waals surface area contributed by atoms with Crippen molar-refractivity contribution in [2.24, 2.45) is 0 Å². The number of nitrogens with zero attached hydrogens (tertiary/aromatic N) is 4. The van der Waals surface area contributed by atoms with Crippen LogP contribution in [-0.2, 0) is 19.6 Å². The minimum Gasteiger partial charge on any atom is -0.327 e. The number of hydrogen-bond donors (Lipinski definition) is 0. The van der Waals surface area contributed by atoms with Crippen molar-refractivity contribution in [1.29, 1.82) is 0 Å². The van der Waals surface area contributed by atoms with E-state index in [4.69, 9.17) is 4.98 Å². The zero-order valence-corrected chi connectivity index (χ0v) is 19.9. The van der Waals surface area contributed by atoms with Crippen LogP contribution in [0.15, 0.2) is 53.4 Å². The first-order chi connectivity index (χ1) is 15.3. The van der Waals surface area contributed by atoms with Gasteiger partial charge < -0.3 is 4.57 Å². The Balaban J connectivity index is 1.43. The molecule has 0 atom stereocenters. The summed E-state index contributed by atoms with van der Waals surface area (Å²) in [5.41, 5.74) is 3.87. The van der Waals surface area contributed by atoms with Gasteiger partial charge in [0.05, 0.1) is 17.6 Å². The third-order valence-electron chi connectivity index (χ3n) is 6.09. The molecule has 0 unspecified atom stereocenters. The first kappa shape index (κ1) is 22.4. The highest BCUT2D eigenvalue weighted by Gasteiger charge is 2.20. The van der Waals surface area contributed by atoms with Crippen LogP contribution in [0.2, 0.25) is 0 Å². The minimum atomic E-state index is 0.953. The number of hydrogen-bond acceptors (Lipinski definition) is 4. The molecule has 1 fully saturated rings. The molecular weight excluding hydrogens is 400 g/mol. The Morgan fingerprint density at radius 3 is 2.32 bits per heavy atom. The maximum Gasteiger partial charge on any atom is 0.124 e. The average molecular weight is 437 g/mol. The molecule has 4 rings (SSSR count). The van der Waals surface area contributed by atoms with E-state index in [9.17, 15) is 0 Å². The Bertz CT molecular complexity index is 945. The number of benzene rings is 2. The van der Waals surface area contributed by atoms with Crippen LogP contribution in [0.25, 0.3) is 11.0 Å². The summed E-state index contributed by atoms with van der Waals surface area (Å²) >= 11 is 1.96. The first-order valence-electron chi connectivity index (χ1n) is 11.9. The van der Waals surface area contributed by atoms with Gasteiger partial charge in [0.15, 0.2) is 0 Å². The summed E-state index contributed by atoms with van der Waals surface area (Å²) in [6.45, 7) is 12.1. The van der Waals surface area contributed by atoms with E-state index < -0.39 is 0 Å². The highest BCUT2D eigenvalue weighted by Crippen LogP contribution is 2.26. The second kappa shape index (κ2) is 11.2. The Kier molecular flexibility index (Phi) is 8.06. The van der Waals surface area contributed by atoms with E-state index in [1.807, 2.05) is 11.8 Å². The molecule has 1 aliphatic heterocycles. The fraction of sp³-hybridized carbons (Fsp3) is 0.500. The predicted molar refractivity (Wildman–Crippen MR) is 133 cm³/mol. The van der Waals surface area contributed by atoms with Crippen LogP contribution < -0.4 is 0 Å². The molecule has 1 aliphatic rings. The zero-order chi connectivity index (χ0) is 21.5. The molecule has 0 amide bonds. The number of imidazole rings is 1. The molecule has 3 aromatic rings. The van der Waals surface area contributed by atoms with Crippen molar-refractivity contribution in [2.75, 3.05) is 31.9 Å². The van der Waals surface area contributed by atoms with Crippen molar-refractivity contribution >= 4 is 22.8 Å². The topological polar surface area (TPSA) is 24.3 Å². The van der Waals surface area contributed by atoms with Gasteiger partial charge in [0.25, 0.3) is 0 Å². The Labute approximate surface area is 191 Å². The van der Waals surface area contributed by atoms with Gasteiger partial charge in [-0.15, -0.1) is 11.8 Å². The predicted octanol–water partition coefficient (Wildman–Crippen LogP) is 5.66. The van der Waals surface area contributed by atoms with Crippen molar-refractivity contribution in [3.8, 4) is 0 Å². The van der Waals surface area contributed by atoms with E-state index in [1.54, 1.807) is 0 Å². The minimum absolute atomic E-state index is 0.953. The van der Waals surface area contributed by atoms with Crippen molar-refractivity contribution in [1.82, 2.24) is 19.4 Å². The molecule has 31 heavy (non-hydrogen) atoms. The van der Waals surface area contributed by atoms with E-state index in [2.05, 4.69) is 76.7 Å². The van der Waals surface area contributed by atoms with Crippen LogP contribution in [0.4, 0.5) is 0 Å². The van der Waals surface area contributed by atoms with Crippen LogP contribution in [0, 0.1) is 0 Å². The van der Waals surface area contributed by atoms with Crippen LogP contribution in [-0.4, -0.2) is 51.3 Å². The van der Waals surface area contributed by atoms with E-state index in [0.29, 0.717) is 0 Å². The number of fused-ring (bicyclic) bond motifs is 1. The van der Waals surface area contributed by atoms with Gasteiger partial charge in [-0.1, -0.05) is 50.6 Å². The lowest BCUT2D eigenvalue weighted by Gasteiger charge is -2.34. The molecule has 0 spiro atoms. The Morgan fingerprint density at radius 1 is 0.871 bits per heavy atom. The molecule has 5 heteroatoms. The van der Waals surface area contributed by atoms with E-state index >= 15 is 0 Å². The molecule has 0 radical (unpaired) electrons. The highest BCUT2D eigenvalue weighted by atomic mass is 32.2. The highest BCUT2D eigenvalue weighted by molar-refractivity contribution is 7.99. The summed E-state index contributed by atoms with van der Waals surface area (Å²) in [5.74, 6) is 2.41. The van der Waals surface area contributed by atoms with Gasteiger partial charge >= 0.3 is 0 Å². The summed E-state index contributed by atoms with van der Waals surface area (Å²) in [6, 6.07) is 17.7. The molecule has 0 aliphatic carbocycles. The molecule has 4 nitrogen and oxygen atoms in total. The largest absolute Gasteiger partial charge is 0.327 e. The van der Waals surface area contributed by atoms with Gasteiger partial charge in [0, 0.05) is 44.2 Å². The second-order valence-electron chi connectivity index (χ2n) is 8.57. The van der Waals surface area contributed by atoms with Crippen molar-refractivity contribution in [2.45, 2.75) is 57.6 Å². The standard InChI is InChI=1S/C26H36N4S/c1-3-5-13-30-25-19-23(31-18-4-2)11-12-24(25)27-26(30)21-29-16-14-28(15-17-29)20-22-9-7-6-8-10-22/h6-12,19H,3-5,13-18,20-21H2,1-2H3. The normalized spacial score (nSPS) is 15.7. The number of unbranched alkanes of at least 4 members (excludes halogenated alkanes) is 1. The Hall–Kier alpha value is -1.82. The summed E-state index contributed by atoms with van der Waals surface area (Å²) in [7, 11) is 0. The fourth-order valence-corrected chi connectivity index (χ4v) is 5.09. The fourth-order valence-electron chi connectivity index (χ4n) is 4.30. The summed E-state index contributed by atoms with van der Waals surface area (Å²) in [4.78, 5) is 11.6. The average Bonchev–Trinajstić information content (AvgIpc) is 3.14. The third-order valence-corrected chi connectivity index (χ3v) is 7.29. The maximum absolute atomic E-state index is 5.07. The zero-order valence-electron chi connectivity index (χ0n) is 19.1. The summed E-state index contributed by atoms with van der Waals surface area (Å²) < 4.78 is 2.49. The van der Waals surface area contributed by atoms with Crippen molar-refractivity contribution in [3.05, 3.63) is 59.9 Å². The lowest BCUT2D eigenvalue weighted by molar-refractivity contribution is 0.119. The van der Waals surface area contributed by atoms with E-state index in [-0.39, 0.29) is 0 Å². The van der Waals surface area contributed by atoms with Crippen LogP contribution >= 0.6 is 11.8 Å². The van der Waals surface area contributed by atoms with Crippen molar-refractivity contribution in [3.63, 3.8) is 0 Å². The summed E-state index contributed by atoms with van der Waals surface area (Å²) in [6.07, 6.45) is 3.62. The number of thioether (sulfide) groups is 1. The number of aromatic nitrogens is 2. The molecule has 0 bridgehead atoms. The molecule has 0 N–H and O–H groups in total. The molecule has 2 aromatic carbocycles. The number of piperazine rings is 1. The first-order valence-corrected chi connectivity index (χ1v) is 12.9. The molecule has 2 heterocycles. The number of rotatable bonds is 10. The molecular formula is C26H36N4S. The van der Waals surface area contributed by atoms with Crippen molar-refractivity contribution < 1.29 is 0 Å². The summed E-state index contributed by atoms with van der Waals surface area (Å²) in [5, 5.41) is 0. The van der Waals surface area contributed by atoms with Gasteiger partial charge in [-0.25, -0.2) is 4.98 Å². The van der Waals surface area contributed by atoms with E-state index in [1.165, 1.54) is 46.8 Å². The SMILES string of the molecule is CCCCn1c(CN2CCN(Cc3ccccc3)CC2)nc2ccc(SCCC)cc21. The Morgan fingerprint density at radius 2 is 1.61 bits per heavy atom. The third kappa shape index (κ3) is 5.91. The smallest absolute Gasteiger partial charge is 0.124 e.